The number of H-pyrrole nitrogens is 1. The molecule has 2 aromatic carbocycles. The molecule has 1 aromatic heterocycles. The van der Waals surface area contributed by atoms with Crippen molar-refractivity contribution in [2.75, 3.05) is 36.8 Å². The van der Waals surface area contributed by atoms with Gasteiger partial charge in [0.15, 0.2) is 5.16 Å². The first kappa shape index (κ1) is 17.4. The van der Waals surface area contributed by atoms with E-state index in [4.69, 9.17) is 0 Å². The molecule has 1 aliphatic heterocycles. The number of nitrogens with one attached hydrogen (secondary N) is 1. The lowest BCUT2D eigenvalue weighted by atomic mass is 10.2. The summed E-state index contributed by atoms with van der Waals surface area (Å²) in [6.07, 6.45) is 0. The van der Waals surface area contributed by atoms with Gasteiger partial charge >= 0.3 is 0 Å². The zero-order valence-electron chi connectivity index (χ0n) is 14.2. The zero-order valence-corrected chi connectivity index (χ0v) is 16.6. The van der Waals surface area contributed by atoms with Gasteiger partial charge in [-0.3, -0.25) is 4.79 Å². The largest absolute Gasteiger partial charge is 0.368 e. The topological polar surface area (TPSA) is 52.2 Å². The molecule has 0 radical (unpaired) electrons. The maximum absolute atomic E-state index is 12.5. The van der Waals surface area contributed by atoms with Gasteiger partial charge in [0, 0.05) is 36.3 Å². The molecule has 0 spiro atoms. The van der Waals surface area contributed by atoms with Crippen LogP contribution in [0.15, 0.2) is 58.2 Å². The summed E-state index contributed by atoms with van der Waals surface area (Å²) in [6.45, 7) is 3.28. The Bertz CT molecular complexity index is 906. The first-order chi connectivity index (χ1) is 12.7. The van der Waals surface area contributed by atoms with Crippen LogP contribution in [0.5, 0.6) is 0 Å². The molecule has 7 heteroatoms. The molecule has 2 heterocycles. The molecule has 0 bridgehead atoms. The predicted octanol–water partition coefficient (Wildman–Crippen LogP) is 3.77. The number of carbonyl (C=O) groups excluding carboxylic acids is 1. The number of fused-ring (bicyclic) bond motifs is 1. The number of aromatic amines is 1. The van der Waals surface area contributed by atoms with Crippen molar-refractivity contribution in [2.24, 2.45) is 0 Å². The molecule has 1 N–H and O–H groups in total. The number of amides is 1. The monoisotopic (exact) mass is 430 g/mol. The van der Waals surface area contributed by atoms with Gasteiger partial charge in [0.05, 0.1) is 16.8 Å². The lowest BCUT2D eigenvalue weighted by molar-refractivity contribution is -0.128. The average Bonchev–Trinajstić information content (AvgIpc) is 3.09. The van der Waals surface area contributed by atoms with E-state index in [0.29, 0.717) is 5.75 Å². The number of rotatable bonds is 4. The normalized spacial score (nSPS) is 14.8. The minimum atomic E-state index is 0.171. The second-order valence-corrected chi connectivity index (χ2v) is 8.08. The Hall–Kier alpha value is -1.99. The fourth-order valence-electron chi connectivity index (χ4n) is 3.10. The van der Waals surface area contributed by atoms with Crippen molar-refractivity contribution in [3.05, 3.63) is 53.0 Å². The molecule has 26 heavy (non-hydrogen) atoms. The highest BCUT2D eigenvalue weighted by atomic mass is 79.9. The van der Waals surface area contributed by atoms with Crippen molar-refractivity contribution in [3.63, 3.8) is 0 Å². The molecule has 0 atom stereocenters. The van der Waals surface area contributed by atoms with E-state index in [2.05, 4.69) is 55.1 Å². The molecule has 1 fully saturated rings. The number of piperazine rings is 1. The minimum absolute atomic E-state index is 0.171. The number of aromatic nitrogens is 2. The van der Waals surface area contributed by atoms with E-state index in [1.807, 2.05) is 29.2 Å². The number of imidazole rings is 1. The first-order valence-corrected chi connectivity index (χ1v) is 10.3. The van der Waals surface area contributed by atoms with Crippen LogP contribution in [-0.2, 0) is 4.79 Å². The summed E-state index contributed by atoms with van der Waals surface area (Å²) in [5.74, 6) is 0.580. The van der Waals surface area contributed by atoms with Crippen LogP contribution in [0.25, 0.3) is 11.0 Å². The van der Waals surface area contributed by atoms with Crippen molar-refractivity contribution in [3.8, 4) is 0 Å². The fraction of sp³-hybridized carbons (Fsp3) is 0.263. The maximum atomic E-state index is 12.5. The van der Waals surface area contributed by atoms with Crippen LogP contribution in [0.4, 0.5) is 5.69 Å². The van der Waals surface area contributed by atoms with E-state index < -0.39 is 0 Å². The molecule has 1 saturated heterocycles. The Morgan fingerprint density at radius 2 is 1.88 bits per heavy atom. The summed E-state index contributed by atoms with van der Waals surface area (Å²) in [6, 6.07) is 16.3. The van der Waals surface area contributed by atoms with Crippen molar-refractivity contribution in [1.82, 2.24) is 14.9 Å². The SMILES string of the molecule is O=C(CSc1nc2ccc(Br)cc2[nH]1)N1CCN(c2ccccc2)CC1. The highest BCUT2D eigenvalue weighted by Crippen LogP contribution is 2.23. The van der Waals surface area contributed by atoms with E-state index >= 15 is 0 Å². The molecule has 1 amide bonds. The van der Waals surface area contributed by atoms with E-state index in [0.717, 1.165) is 46.8 Å². The number of halogens is 1. The molecule has 0 saturated carbocycles. The number of anilines is 1. The minimum Gasteiger partial charge on any atom is -0.368 e. The molecular formula is C19H19BrN4OS. The van der Waals surface area contributed by atoms with Gasteiger partial charge in [-0.25, -0.2) is 4.98 Å². The smallest absolute Gasteiger partial charge is 0.233 e. The van der Waals surface area contributed by atoms with Crippen LogP contribution in [0.3, 0.4) is 0 Å². The Kier molecular flexibility index (Phi) is 5.17. The van der Waals surface area contributed by atoms with Crippen molar-refractivity contribution >= 4 is 50.3 Å². The molecule has 1 aliphatic rings. The second-order valence-electron chi connectivity index (χ2n) is 6.20. The van der Waals surface area contributed by atoms with Gasteiger partial charge in [-0.05, 0) is 30.3 Å². The lowest BCUT2D eigenvalue weighted by Crippen LogP contribution is -2.49. The lowest BCUT2D eigenvalue weighted by Gasteiger charge is -2.36. The predicted molar refractivity (Wildman–Crippen MR) is 110 cm³/mol. The number of benzene rings is 2. The van der Waals surface area contributed by atoms with Crippen LogP contribution < -0.4 is 4.90 Å². The Labute approximate surface area is 164 Å². The third kappa shape index (κ3) is 3.88. The molecule has 5 nitrogen and oxygen atoms in total. The first-order valence-electron chi connectivity index (χ1n) is 8.55. The van der Waals surface area contributed by atoms with E-state index in [-0.39, 0.29) is 5.91 Å². The van der Waals surface area contributed by atoms with Gasteiger partial charge < -0.3 is 14.8 Å². The fourth-order valence-corrected chi connectivity index (χ4v) is 4.25. The summed E-state index contributed by atoms with van der Waals surface area (Å²) in [7, 11) is 0. The molecule has 134 valence electrons. The van der Waals surface area contributed by atoms with Crippen LogP contribution >= 0.6 is 27.7 Å². The highest BCUT2D eigenvalue weighted by molar-refractivity contribution is 9.10. The quantitative estimate of drug-likeness (QED) is 0.640. The van der Waals surface area contributed by atoms with E-state index in [1.54, 1.807) is 0 Å². The summed E-state index contributed by atoms with van der Waals surface area (Å²) in [5, 5.41) is 0.786. The van der Waals surface area contributed by atoms with E-state index in [9.17, 15) is 4.79 Å². The summed E-state index contributed by atoms with van der Waals surface area (Å²) in [4.78, 5) is 24.6. The number of thioether (sulfide) groups is 1. The number of nitrogens with zero attached hydrogens (tertiary/aromatic N) is 3. The zero-order chi connectivity index (χ0) is 17.9. The van der Waals surface area contributed by atoms with Crippen molar-refractivity contribution in [1.29, 1.82) is 0 Å². The number of hydrogen-bond donors (Lipinski definition) is 1. The molecule has 0 unspecified atom stereocenters. The number of carbonyl (C=O) groups is 1. The third-order valence-corrected chi connectivity index (χ3v) is 5.86. The van der Waals surface area contributed by atoms with Gasteiger partial charge in [0.1, 0.15) is 0 Å². The Balaban J connectivity index is 1.31. The van der Waals surface area contributed by atoms with Crippen LogP contribution in [0.1, 0.15) is 0 Å². The van der Waals surface area contributed by atoms with Gasteiger partial charge in [-0.1, -0.05) is 45.9 Å². The van der Waals surface area contributed by atoms with E-state index in [1.165, 1.54) is 17.4 Å². The average molecular weight is 431 g/mol. The molecule has 3 aromatic rings. The summed E-state index contributed by atoms with van der Waals surface area (Å²) >= 11 is 4.92. The maximum Gasteiger partial charge on any atom is 0.233 e. The molecule has 0 aliphatic carbocycles. The second kappa shape index (κ2) is 7.72. The van der Waals surface area contributed by atoms with Crippen LogP contribution in [-0.4, -0.2) is 52.7 Å². The van der Waals surface area contributed by atoms with Gasteiger partial charge in [-0.15, -0.1) is 0 Å². The number of hydrogen-bond acceptors (Lipinski definition) is 4. The number of para-hydroxylation sites is 1. The molecular weight excluding hydrogens is 412 g/mol. The Morgan fingerprint density at radius 1 is 1.12 bits per heavy atom. The van der Waals surface area contributed by atoms with Crippen LogP contribution in [0, 0.1) is 0 Å². The van der Waals surface area contributed by atoms with Gasteiger partial charge in [0.2, 0.25) is 5.91 Å². The van der Waals surface area contributed by atoms with Gasteiger partial charge in [0.25, 0.3) is 0 Å². The van der Waals surface area contributed by atoms with Gasteiger partial charge in [-0.2, -0.15) is 0 Å². The summed E-state index contributed by atoms with van der Waals surface area (Å²) < 4.78 is 1.01. The van der Waals surface area contributed by atoms with Crippen molar-refractivity contribution in [2.45, 2.75) is 5.16 Å². The third-order valence-electron chi connectivity index (χ3n) is 4.51. The molecule has 4 rings (SSSR count). The van der Waals surface area contributed by atoms with Crippen LogP contribution in [0.2, 0.25) is 0 Å². The highest BCUT2D eigenvalue weighted by Gasteiger charge is 2.21. The Morgan fingerprint density at radius 3 is 2.65 bits per heavy atom. The summed E-state index contributed by atoms with van der Waals surface area (Å²) in [5.41, 5.74) is 3.12. The van der Waals surface area contributed by atoms with Crippen molar-refractivity contribution < 1.29 is 4.79 Å². The standard InChI is InChI=1S/C19H19BrN4OS/c20-14-6-7-16-17(12-14)22-19(21-16)26-13-18(25)24-10-8-23(9-11-24)15-4-2-1-3-5-15/h1-7,12H,8-11,13H2,(H,21,22).